The van der Waals surface area contributed by atoms with Gasteiger partial charge in [0.25, 0.3) is 5.91 Å². The van der Waals surface area contributed by atoms with E-state index < -0.39 is 0 Å². The monoisotopic (exact) mass is 426 g/mol. The van der Waals surface area contributed by atoms with Crippen LogP contribution in [0.5, 0.6) is 0 Å². The lowest BCUT2D eigenvalue weighted by Crippen LogP contribution is -2.50. The second-order valence-corrected chi connectivity index (χ2v) is 7.60. The number of hydrogen-bond donors (Lipinski definition) is 1. The van der Waals surface area contributed by atoms with E-state index in [1.54, 1.807) is 23.0 Å². The molecular formula is C21H23ClN6O2. The Bertz CT molecular complexity index is 1040. The number of piperazine rings is 1. The number of aryl methyl sites for hydroxylation is 1. The number of benzene rings is 1. The molecule has 0 bridgehead atoms. The van der Waals surface area contributed by atoms with E-state index in [0.29, 0.717) is 42.5 Å². The zero-order chi connectivity index (χ0) is 21.1. The first kappa shape index (κ1) is 20.2. The minimum Gasteiger partial charge on any atom is -0.336 e. The predicted octanol–water partition coefficient (Wildman–Crippen LogP) is 2.26. The maximum atomic E-state index is 13.1. The highest BCUT2D eigenvalue weighted by molar-refractivity contribution is 6.33. The summed E-state index contributed by atoms with van der Waals surface area (Å²) in [5.74, 6) is 0.573. The molecule has 1 N–H and O–H groups in total. The molecule has 2 amide bonds. The summed E-state index contributed by atoms with van der Waals surface area (Å²) >= 11 is 6.09. The number of nitrogens with one attached hydrogen (secondary N) is 1. The Morgan fingerprint density at radius 3 is 2.47 bits per heavy atom. The first-order chi connectivity index (χ1) is 14.5. The SMILES string of the molecule is Cn1ncc(C(=O)N2CCN(CC(=O)Nc3ccccc3Cl)CC2)c1-n1cccc1. The molecule has 1 aliphatic rings. The van der Waals surface area contributed by atoms with Crippen LogP contribution in [0.25, 0.3) is 5.82 Å². The lowest BCUT2D eigenvalue weighted by atomic mass is 10.2. The number of hydrogen-bond acceptors (Lipinski definition) is 4. The molecule has 1 saturated heterocycles. The van der Waals surface area contributed by atoms with Crippen LogP contribution in [-0.2, 0) is 11.8 Å². The average molecular weight is 427 g/mol. The van der Waals surface area contributed by atoms with E-state index in [1.807, 2.05) is 58.1 Å². The van der Waals surface area contributed by atoms with E-state index in [1.165, 1.54) is 0 Å². The molecule has 0 saturated carbocycles. The van der Waals surface area contributed by atoms with Crippen LogP contribution in [0.2, 0.25) is 5.02 Å². The third kappa shape index (κ3) is 4.24. The summed E-state index contributed by atoms with van der Waals surface area (Å²) in [4.78, 5) is 29.3. The normalized spacial score (nSPS) is 14.7. The molecule has 0 unspecified atom stereocenters. The Kier molecular flexibility index (Phi) is 5.87. The van der Waals surface area contributed by atoms with Gasteiger partial charge in [-0.1, -0.05) is 23.7 Å². The fourth-order valence-corrected chi connectivity index (χ4v) is 3.78. The summed E-state index contributed by atoms with van der Waals surface area (Å²) < 4.78 is 3.58. The zero-order valence-corrected chi connectivity index (χ0v) is 17.4. The fraction of sp³-hybridized carbons (Fsp3) is 0.286. The number of aromatic nitrogens is 3. The van der Waals surface area contributed by atoms with Crippen molar-refractivity contribution in [3.05, 3.63) is 65.6 Å². The van der Waals surface area contributed by atoms with Crippen LogP contribution in [0.3, 0.4) is 0 Å². The first-order valence-corrected chi connectivity index (χ1v) is 10.1. The van der Waals surface area contributed by atoms with Gasteiger partial charge in [0.1, 0.15) is 11.4 Å². The molecular weight excluding hydrogens is 404 g/mol. The van der Waals surface area contributed by atoms with Crippen molar-refractivity contribution in [2.45, 2.75) is 0 Å². The molecule has 0 spiro atoms. The van der Waals surface area contributed by atoms with Crippen LogP contribution in [0.15, 0.2) is 55.0 Å². The first-order valence-electron chi connectivity index (χ1n) is 9.74. The number of halogens is 1. The van der Waals surface area contributed by atoms with Crippen LogP contribution in [0.1, 0.15) is 10.4 Å². The van der Waals surface area contributed by atoms with Crippen molar-refractivity contribution in [3.8, 4) is 5.82 Å². The molecule has 1 fully saturated rings. The molecule has 0 aliphatic carbocycles. The molecule has 30 heavy (non-hydrogen) atoms. The quantitative estimate of drug-likeness (QED) is 0.679. The van der Waals surface area contributed by atoms with Crippen molar-refractivity contribution < 1.29 is 9.59 Å². The van der Waals surface area contributed by atoms with Gasteiger partial charge in [0, 0.05) is 45.6 Å². The Labute approximate surface area is 179 Å². The topological polar surface area (TPSA) is 75.4 Å². The standard InChI is InChI=1S/C21H23ClN6O2/c1-25-20(27-8-4-5-9-27)16(14-23-25)21(30)28-12-10-26(11-13-28)15-19(29)24-18-7-3-2-6-17(18)22/h2-9,14H,10-13,15H2,1H3,(H,24,29). The maximum Gasteiger partial charge on any atom is 0.259 e. The zero-order valence-electron chi connectivity index (χ0n) is 16.7. The van der Waals surface area contributed by atoms with Crippen LogP contribution < -0.4 is 5.32 Å². The van der Waals surface area contributed by atoms with Gasteiger partial charge in [-0.15, -0.1) is 0 Å². The molecule has 156 valence electrons. The molecule has 9 heteroatoms. The molecule has 8 nitrogen and oxygen atoms in total. The lowest BCUT2D eigenvalue weighted by Gasteiger charge is -2.34. The average Bonchev–Trinajstić information content (AvgIpc) is 3.39. The second-order valence-electron chi connectivity index (χ2n) is 7.19. The van der Waals surface area contributed by atoms with E-state index in [9.17, 15) is 9.59 Å². The van der Waals surface area contributed by atoms with Crippen LogP contribution in [0.4, 0.5) is 5.69 Å². The number of anilines is 1. The van der Waals surface area contributed by atoms with Gasteiger partial charge in [-0.25, -0.2) is 0 Å². The highest BCUT2D eigenvalue weighted by Crippen LogP contribution is 2.21. The smallest absolute Gasteiger partial charge is 0.259 e. The second kappa shape index (κ2) is 8.73. The molecule has 0 atom stereocenters. The van der Waals surface area contributed by atoms with Crippen molar-refractivity contribution in [2.24, 2.45) is 7.05 Å². The third-order valence-corrected chi connectivity index (χ3v) is 5.49. The van der Waals surface area contributed by atoms with Gasteiger partial charge in [-0.05, 0) is 24.3 Å². The summed E-state index contributed by atoms with van der Waals surface area (Å²) in [5.41, 5.74) is 1.17. The molecule has 3 heterocycles. The minimum absolute atomic E-state index is 0.0491. The molecule has 4 rings (SSSR count). The van der Waals surface area contributed by atoms with Crippen molar-refractivity contribution in [3.63, 3.8) is 0 Å². The molecule has 0 radical (unpaired) electrons. The van der Waals surface area contributed by atoms with E-state index in [4.69, 9.17) is 11.6 Å². The van der Waals surface area contributed by atoms with E-state index in [-0.39, 0.29) is 18.4 Å². The van der Waals surface area contributed by atoms with Crippen molar-refractivity contribution >= 4 is 29.1 Å². The summed E-state index contributed by atoms with van der Waals surface area (Å²) in [6, 6.07) is 11.0. The van der Waals surface area contributed by atoms with Gasteiger partial charge >= 0.3 is 0 Å². The summed E-state index contributed by atoms with van der Waals surface area (Å²) in [6.45, 7) is 2.62. The Morgan fingerprint density at radius 2 is 1.77 bits per heavy atom. The van der Waals surface area contributed by atoms with Crippen molar-refractivity contribution in [1.29, 1.82) is 0 Å². The summed E-state index contributed by atoms with van der Waals surface area (Å²) in [6.07, 6.45) is 5.40. The molecule has 1 aliphatic heterocycles. The fourth-order valence-electron chi connectivity index (χ4n) is 3.60. The third-order valence-electron chi connectivity index (χ3n) is 5.16. The van der Waals surface area contributed by atoms with Gasteiger partial charge in [0.15, 0.2) is 0 Å². The van der Waals surface area contributed by atoms with E-state index >= 15 is 0 Å². The summed E-state index contributed by atoms with van der Waals surface area (Å²) in [5, 5.41) is 7.61. The van der Waals surface area contributed by atoms with E-state index in [2.05, 4.69) is 10.4 Å². The number of amides is 2. The van der Waals surface area contributed by atoms with Gasteiger partial charge in [0.2, 0.25) is 5.91 Å². The maximum absolute atomic E-state index is 13.1. The molecule has 2 aromatic heterocycles. The Hall–Kier alpha value is -3.10. The van der Waals surface area contributed by atoms with Crippen molar-refractivity contribution in [1.82, 2.24) is 24.1 Å². The lowest BCUT2D eigenvalue weighted by molar-refractivity contribution is -0.117. The molecule has 1 aromatic carbocycles. The van der Waals surface area contributed by atoms with Gasteiger partial charge < -0.3 is 14.8 Å². The highest BCUT2D eigenvalue weighted by Gasteiger charge is 2.27. The number of nitrogens with zero attached hydrogens (tertiary/aromatic N) is 5. The minimum atomic E-state index is -0.120. The van der Waals surface area contributed by atoms with Gasteiger partial charge in [0.05, 0.1) is 23.5 Å². The number of rotatable bonds is 5. The van der Waals surface area contributed by atoms with Gasteiger partial charge in [-0.3, -0.25) is 19.2 Å². The van der Waals surface area contributed by atoms with E-state index in [0.717, 1.165) is 5.82 Å². The highest BCUT2D eigenvalue weighted by atomic mass is 35.5. The van der Waals surface area contributed by atoms with Crippen LogP contribution in [0, 0.1) is 0 Å². The number of carbonyl (C=O) groups excluding carboxylic acids is 2. The number of para-hydroxylation sites is 1. The Balaban J connectivity index is 1.34. The summed E-state index contributed by atoms with van der Waals surface area (Å²) in [7, 11) is 1.82. The van der Waals surface area contributed by atoms with Crippen molar-refractivity contribution in [2.75, 3.05) is 38.0 Å². The number of carbonyl (C=O) groups is 2. The van der Waals surface area contributed by atoms with Gasteiger partial charge in [-0.2, -0.15) is 5.10 Å². The molecule has 3 aromatic rings. The Morgan fingerprint density at radius 1 is 1.07 bits per heavy atom. The van der Waals surface area contributed by atoms with Crippen LogP contribution >= 0.6 is 11.6 Å². The largest absolute Gasteiger partial charge is 0.336 e. The van der Waals surface area contributed by atoms with Crippen LogP contribution in [-0.4, -0.2) is 68.7 Å². The predicted molar refractivity (Wildman–Crippen MR) is 115 cm³/mol.